The molecular weight excluding hydrogens is 392 g/mol. The molecule has 0 bridgehead atoms. The average molecular weight is 411 g/mol. The summed E-state index contributed by atoms with van der Waals surface area (Å²) in [6, 6.07) is 16.0. The van der Waals surface area contributed by atoms with Gasteiger partial charge >= 0.3 is 0 Å². The minimum atomic E-state index is -0.389. The Balaban J connectivity index is 1.67. The highest BCUT2D eigenvalue weighted by Gasteiger charge is 2.33. The lowest BCUT2D eigenvalue weighted by atomic mass is 10.1. The van der Waals surface area contributed by atoms with Crippen molar-refractivity contribution in [3.63, 3.8) is 0 Å². The smallest absolute Gasteiger partial charge is 0.266 e. The maximum atomic E-state index is 12.6. The van der Waals surface area contributed by atoms with Crippen molar-refractivity contribution >= 4 is 51.9 Å². The summed E-state index contributed by atoms with van der Waals surface area (Å²) in [4.78, 5) is 26.7. The zero-order valence-electron chi connectivity index (χ0n) is 15.1. The van der Waals surface area contributed by atoms with Gasteiger partial charge in [-0.15, -0.1) is 0 Å². The van der Waals surface area contributed by atoms with Crippen molar-refractivity contribution in [2.24, 2.45) is 0 Å². The molecule has 1 heterocycles. The molecular formula is C21H18N2O3S2. The van der Waals surface area contributed by atoms with Gasteiger partial charge in [-0.05, 0) is 36.3 Å². The number of benzene rings is 2. The second kappa shape index (κ2) is 8.86. The van der Waals surface area contributed by atoms with Crippen molar-refractivity contribution in [3.8, 4) is 5.75 Å². The van der Waals surface area contributed by atoms with Crippen LogP contribution in [0.1, 0.15) is 12.5 Å². The van der Waals surface area contributed by atoms with Gasteiger partial charge in [-0.3, -0.25) is 14.5 Å². The van der Waals surface area contributed by atoms with E-state index in [0.717, 1.165) is 11.1 Å². The van der Waals surface area contributed by atoms with E-state index in [1.807, 2.05) is 43.3 Å². The number of carbonyl (C=O) groups is 2. The van der Waals surface area contributed by atoms with Crippen molar-refractivity contribution < 1.29 is 14.7 Å². The third kappa shape index (κ3) is 5.09. The van der Waals surface area contributed by atoms with Gasteiger partial charge in [0.05, 0.1) is 4.91 Å². The van der Waals surface area contributed by atoms with Crippen LogP contribution in [-0.4, -0.2) is 32.7 Å². The van der Waals surface area contributed by atoms with Crippen LogP contribution in [0.5, 0.6) is 5.75 Å². The summed E-state index contributed by atoms with van der Waals surface area (Å²) in [5.74, 6) is -0.631. The Kier molecular flexibility index (Phi) is 6.28. The molecule has 0 radical (unpaired) electrons. The molecule has 28 heavy (non-hydrogen) atoms. The molecule has 3 rings (SSSR count). The normalized spacial score (nSPS) is 16.0. The molecule has 0 spiro atoms. The van der Waals surface area contributed by atoms with Crippen LogP contribution in [-0.2, 0) is 9.59 Å². The van der Waals surface area contributed by atoms with E-state index < -0.39 is 0 Å². The maximum Gasteiger partial charge on any atom is 0.266 e. The Labute approximate surface area is 172 Å². The van der Waals surface area contributed by atoms with E-state index in [1.165, 1.54) is 28.8 Å². The van der Waals surface area contributed by atoms with E-state index in [4.69, 9.17) is 12.2 Å². The summed E-state index contributed by atoms with van der Waals surface area (Å²) >= 11 is 6.45. The molecule has 0 unspecified atom stereocenters. The molecule has 1 saturated heterocycles. The number of hydrogen-bond acceptors (Lipinski definition) is 5. The maximum absolute atomic E-state index is 12.6. The largest absolute Gasteiger partial charge is 0.508 e. The predicted molar refractivity (Wildman–Crippen MR) is 117 cm³/mol. The second-order valence-electron chi connectivity index (χ2n) is 6.17. The first-order chi connectivity index (χ1) is 13.4. The fourth-order valence-electron chi connectivity index (χ4n) is 2.62. The summed E-state index contributed by atoms with van der Waals surface area (Å²) in [5.41, 5.74) is 2.40. The Morgan fingerprint density at radius 2 is 1.96 bits per heavy atom. The van der Waals surface area contributed by atoms with Crippen LogP contribution < -0.4 is 5.32 Å². The highest BCUT2D eigenvalue weighted by atomic mass is 32.2. The summed E-state index contributed by atoms with van der Waals surface area (Å²) in [6.07, 6.45) is 3.75. The molecule has 2 amide bonds. The number of amides is 2. The molecule has 0 saturated carbocycles. The van der Waals surface area contributed by atoms with Crippen LogP contribution in [0, 0.1) is 0 Å². The van der Waals surface area contributed by atoms with Gasteiger partial charge in [-0.1, -0.05) is 66.5 Å². The number of phenolic OH excluding ortho intramolecular Hbond substituents is 1. The van der Waals surface area contributed by atoms with Crippen LogP contribution in [0.3, 0.4) is 0 Å². The minimum Gasteiger partial charge on any atom is -0.508 e. The predicted octanol–water partition coefficient (Wildman–Crippen LogP) is 4.18. The summed E-state index contributed by atoms with van der Waals surface area (Å²) in [6.45, 7) is 1.73. The lowest BCUT2D eigenvalue weighted by molar-refractivity contribution is -0.126. The van der Waals surface area contributed by atoms with E-state index in [0.29, 0.717) is 14.9 Å². The van der Waals surface area contributed by atoms with Crippen LogP contribution >= 0.6 is 24.0 Å². The molecule has 0 atom stereocenters. The van der Waals surface area contributed by atoms with Crippen LogP contribution in [0.4, 0.5) is 5.69 Å². The zero-order chi connectivity index (χ0) is 20.1. The molecule has 0 aromatic heterocycles. The molecule has 7 heteroatoms. The number of rotatable bonds is 5. The number of phenols is 1. The van der Waals surface area contributed by atoms with Gasteiger partial charge < -0.3 is 10.4 Å². The monoisotopic (exact) mass is 410 g/mol. The Bertz CT molecular complexity index is 984. The van der Waals surface area contributed by atoms with Gasteiger partial charge in [0.25, 0.3) is 5.91 Å². The van der Waals surface area contributed by atoms with Crippen molar-refractivity contribution in [2.75, 3.05) is 11.9 Å². The van der Waals surface area contributed by atoms with E-state index in [2.05, 4.69) is 5.32 Å². The van der Waals surface area contributed by atoms with E-state index in [-0.39, 0.29) is 24.1 Å². The first-order valence-electron chi connectivity index (χ1n) is 8.50. The Morgan fingerprint density at radius 1 is 1.21 bits per heavy atom. The molecule has 0 aliphatic carbocycles. The first kappa shape index (κ1) is 19.9. The zero-order valence-corrected chi connectivity index (χ0v) is 16.7. The van der Waals surface area contributed by atoms with E-state index in [9.17, 15) is 14.7 Å². The van der Waals surface area contributed by atoms with Crippen LogP contribution in [0.25, 0.3) is 6.08 Å². The highest BCUT2D eigenvalue weighted by molar-refractivity contribution is 8.26. The lowest BCUT2D eigenvalue weighted by Crippen LogP contribution is -2.36. The number of nitrogens with zero attached hydrogens (tertiary/aromatic N) is 1. The standard InChI is InChI=1S/C21H18N2O3S2/c1-14(10-15-6-3-2-4-7-15)11-18-20(26)23(21(27)28-18)13-19(25)22-16-8-5-9-17(24)12-16/h2-12,24H,13H2,1H3,(H,22,25). The number of carbonyl (C=O) groups excluding carboxylic acids is 2. The molecule has 2 aromatic rings. The molecule has 5 nitrogen and oxygen atoms in total. The number of hydrogen-bond donors (Lipinski definition) is 2. The molecule has 2 N–H and O–H groups in total. The van der Waals surface area contributed by atoms with E-state index >= 15 is 0 Å². The fraction of sp³-hybridized carbons (Fsp3) is 0.0952. The van der Waals surface area contributed by atoms with Crippen molar-refractivity contribution in [2.45, 2.75) is 6.92 Å². The van der Waals surface area contributed by atoms with E-state index in [1.54, 1.807) is 18.2 Å². The van der Waals surface area contributed by atoms with Gasteiger partial charge in [-0.2, -0.15) is 0 Å². The van der Waals surface area contributed by atoms with Gasteiger partial charge in [0.15, 0.2) is 0 Å². The van der Waals surface area contributed by atoms with Crippen molar-refractivity contribution in [3.05, 3.63) is 76.7 Å². The molecule has 1 aliphatic rings. The third-order valence-electron chi connectivity index (χ3n) is 3.86. The molecule has 2 aromatic carbocycles. The van der Waals surface area contributed by atoms with Crippen LogP contribution in [0.15, 0.2) is 71.2 Å². The summed E-state index contributed by atoms with van der Waals surface area (Å²) in [5, 5.41) is 12.1. The lowest BCUT2D eigenvalue weighted by Gasteiger charge is -2.14. The third-order valence-corrected chi connectivity index (χ3v) is 5.24. The highest BCUT2D eigenvalue weighted by Crippen LogP contribution is 2.32. The van der Waals surface area contributed by atoms with Gasteiger partial charge in [0, 0.05) is 11.8 Å². The topological polar surface area (TPSA) is 69.6 Å². The Hall–Kier alpha value is -2.90. The summed E-state index contributed by atoms with van der Waals surface area (Å²) < 4.78 is 0.342. The van der Waals surface area contributed by atoms with Crippen molar-refractivity contribution in [1.29, 1.82) is 0 Å². The number of aromatic hydroxyl groups is 1. The summed E-state index contributed by atoms with van der Waals surface area (Å²) in [7, 11) is 0. The number of nitrogens with one attached hydrogen (secondary N) is 1. The Morgan fingerprint density at radius 3 is 2.68 bits per heavy atom. The average Bonchev–Trinajstić information content (AvgIpc) is 2.90. The first-order valence-corrected chi connectivity index (χ1v) is 9.72. The molecule has 142 valence electrons. The quantitative estimate of drug-likeness (QED) is 0.572. The molecule has 1 aliphatic heterocycles. The van der Waals surface area contributed by atoms with Crippen molar-refractivity contribution in [1.82, 2.24) is 4.90 Å². The number of allylic oxidation sites excluding steroid dienone is 2. The van der Waals surface area contributed by atoms with Gasteiger partial charge in [0.1, 0.15) is 16.6 Å². The number of anilines is 1. The molecule has 1 fully saturated rings. The van der Waals surface area contributed by atoms with Crippen LogP contribution in [0.2, 0.25) is 0 Å². The second-order valence-corrected chi connectivity index (χ2v) is 7.84. The van der Waals surface area contributed by atoms with Gasteiger partial charge in [0.2, 0.25) is 5.91 Å². The fourth-order valence-corrected chi connectivity index (χ4v) is 3.93. The SMILES string of the molecule is CC(=Cc1ccccc1)C=C1SC(=S)N(CC(=O)Nc2cccc(O)c2)C1=O. The van der Waals surface area contributed by atoms with Gasteiger partial charge in [-0.25, -0.2) is 0 Å². The minimum absolute atomic E-state index is 0.0482. The number of thiocarbonyl (C=S) groups is 1. The number of thioether (sulfide) groups is 1.